The van der Waals surface area contributed by atoms with Gasteiger partial charge in [0.2, 0.25) is 0 Å². The molecule has 0 saturated heterocycles. The van der Waals surface area contributed by atoms with Gasteiger partial charge in [0.05, 0.1) is 16.3 Å². The predicted octanol–water partition coefficient (Wildman–Crippen LogP) is 3.73. The molecule has 18 heavy (non-hydrogen) atoms. The van der Waals surface area contributed by atoms with Crippen molar-refractivity contribution >= 4 is 17.3 Å². The van der Waals surface area contributed by atoms with Crippen LogP contribution in [0.2, 0.25) is 5.02 Å². The molecular formula is C13H8ClFN2O. The topological polar surface area (TPSA) is 59.0 Å². The number of nitriles is 1. The monoisotopic (exact) mass is 262 g/mol. The molecule has 5 heteroatoms. The molecule has 2 aromatic carbocycles. The van der Waals surface area contributed by atoms with Crippen LogP contribution in [0.1, 0.15) is 5.56 Å². The summed E-state index contributed by atoms with van der Waals surface area (Å²) < 4.78 is 18.4. The molecule has 0 unspecified atom stereocenters. The largest absolute Gasteiger partial charge is 0.455 e. The highest BCUT2D eigenvalue weighted by Crippen LogP contribution is 2.31. The third kappa shape index (κ3) is 2.36. The molecule has 0 aliphatic rings. The second-order valence-corrected chi connectivity index (χ2v) is 3.91. The average molecular weight is 263 g/mol. The zero-order valence-corrected chi connectivity index (χ0v) is 9.91. The lowest BCUT2D eigenvalue weighted by molar-refractivity contribution is 0.483. The molecule has 0 saturated carbocycles. The molecule has 2 rings (SSSR count). The molecule has 0 atom stereocenters. The van der Waals surface area contributed by atoms with Crippen molar-refractivity contribution in [3.05, 3.63) is 52.8 Å². The molecular weight excluding hydrogens is 255 g/mol. The molecule has 2 N–H and O–H groups in total. The molecule has 90 valence electrons. The van der Waals surface area contributed by atoms with Gasteiger partial charge in [-0.1, -0.05) is 17.7 Å². The van der Waals surface area contributed by atoms with E-state index in [9.17, 15) is 4.39 Å². The number of nitrogen functional groups attached to an aromatic ring is 1. The van der Waals surface area contributed by atoms with Gasteiger partial charge in [0.15, 0.2) is 5.75 Å². The van der Waals surface area contributed by atoms with Crippen LogP contribution in [0.3, 0.4) is 0 Å². The van der Waals surface area contributed by atoms with Gasteiger partial charge in [0.1, 0.15) is 17.6 Å². The molecule has 0 radical (unpaired) electrons. The van der Waals surface area contributed by atoms with Crippen molar-refractivity contribution in [3.63, 3.8) is 0 Å². The van der Waals surface area contributed by atoms with Gasteiger partial charge in [-0.25, -0.2) is 4.39 Å². The van der Waals surface area contributed by atoms with E-state index in [0.717, 1.165) is 0 Å². The Kier molecular flexibility index (Phi) is 3.35. The summed E-state index contributed by atoms with van der Waals surface area (Å²) in [6, 6.07) is 10.8. The number of benzene rings is 2. The second kappa shape index (κ2) is 4.94. The molecule has 0 fully saturated rings. The van der Waals surface area contributed by atoms with E-state index < -0.39 is 5.82 Å². The molecule has 0 spiro atoms. The lowest BCUT2D eigenvalue weighted by atomic mass is 10.2. The first kappa shape index (κ1) is 12.2. The Labute approximate surface area is 108 Å². The number of ether oxygens (including phenoxy) is 1. The number of hydrogen-bond acceptors (Lipinski definition) is 3. The maximum absolute atomic E-state index is 13.0. The average Bonchev–Trinajstić information content (AvgIpc) is 2.36. The van der Waals surface area contributed by atoms with Gasteiger partial charge in [-0.15, -0.1) is 0 Å². The fourth-order valence-corrected chi connectivity index (χ4v) is 1.57. The Morgan fingerprint density at radius 1 is 1.28 bits per heavy atom. The standard InChI is InChI=1S/C13H8ClFN2O/c14-10-6-9(4-5-11(10)15)18-12-3-1-2-8(7-16)13(12)17/h1-6H,17H2. The first-order chi connectivity index (χ1) is 8.61. The molecule has 0 bridgehead atoms. The van der Waals surface area contributed by atoms with E-state index >= 15 is 0 Å². The van der Waals surface area contributed by atoms with Crippen molar-refractivity contribution in [1.29, 1.82) is 5.26 Å². The number of anilines is 1. The quantitative estimate of drug-likeness (QED) is 0.839. The summed E-state index contributed by atoms with van der Waals surface area (Å²) >= 11 is 5.64. The summed E-state index contributed by atoms with van der Waals surface area (Å²) in [5.74, 6) is 0.155. The van der Waals surface area contributed by atoms with E-state index in [2.05, 4.69) is 0 Å². The summed E-state index contributed by atoms with van der Waals surface area (Å²) in [4.78, 5) is 0. The fraction of sp³-hybridized carbons (Fsp3) is 0. The zero-order chi connectivity index (χ0) is 13.1. The Bertz CT molecular complexity index is 637. The van der Waals surface area contributed by atoms with E-state index in [0.29, 0.717) is 17.1 Å². The van der Waals surface area contributed by atoms with E-state index in [1.165, 1.54) is 18.2 Å². The van der Waals surface area contributed by atoms with Crippen LogP contribution in [0, 0.1) is 17.1 Å². The first-order valence-corrected chi connectivity index (χ1v) is 5.41. The normalized spacial score (nSPS) is 9.83. The van der Waals surface area contributed by atoms with Gasteiger partial charge >= 0.3 is 0 Å². The predicted molar refractivity (Wildman–Crippen MR) is 67.1 cm³/mol. The van der Waals surface area contributed by atoms with E-state index in [1.807, 2.05) is 6.07 Å². The van der Waals surface area contributed by atoms with Gasteiger partial charge in [-0.2, -0.15) is 5.26 Å². The Morgan fingerprint density at radius 2 is 2.06 bits per heavy atom. The Morgan fingerprint density at radius 3 is 2.72 bits per heavy atom. The van der Waals surface area contributed by atoms with E-state index in [4.69, 9.17) is 27.3 Å². The van der Waals surface area contributed by atoms with Crippen LogP contribution < -0.4 is 10.5 Å². The fourth-order valence-electron chi connectivity index (χ4n) is 1.40. The molecule has 0 amide bonds. The summed E-state index contributed by atoms with van der Waals surface area (Å²) in [5.41, 5.74) is 6.31. The van der Waals surface area contributed by atoms with Crippen LogP contribution in [0.15, 0.2) is 36.4 Å². The molecule has 0 aliphatic carbocycles. The van der Waals surface area contributed by atoms with Crippen LogP contribution in [0.4, 0.5) is 10.1 Å². The summed E-state index contributed by atoms with van der Waals surface area (Å²) in [6.45, 7) is 0. The van der Waals surface area contributed by atoms with E-state index in [-0.39, 0.29) is 10.7 Å². The van der Waals surface area contributed by atoms with Crippen molar-refractivity contribution in [3.8, 4) is 17.6 Å². The second-order valence-electron chi connectivity index (χ2n) is 3.51. The minimum absolute atomic E-state index is 0.0393. The minimum Gasteiger partial charge on any atom is -0.455 e. The molecule has 0 heterocycles. The Balaban J connectivity index is 2.35. The zero-order valence-electron chi connectivity index (χ0n) is 9.15. The number of nitrogens with zero attached hydrogens (tertiary/aromatic N) is 1. The van der Waals surface area contributed by atoms with Crippen molar-refractivity contribution in [2.45, 2.75) is 0 Å². The van der Waals surface area contributed by atoms with Crippen molar-refractivity contribution in [1.82, 2.24) is 0 Å². The third-order valence-electron chi connectivity index (χ3n) is 2.31. The van der Waals surface area contributed by atoms with Crippen LogP contribution in [-0.4, -0.2) is 0 Å². The summed E-state index contributed by atoms with van der Waals surface area (Å²) in [5, 5.41) is 8.79. The van der Waals surface area contributed by atoms with Gasteiger partial charge in [-0.3, -0.25) is 0 Å². The van der Waals surface area contributed by atoms with Crippen molar-refractivity contribution < 1.29 is 9.13 Å². The molecule has 3 nitrogen and oxygen atoms in total. The van der Waals surface area contributed by atoms with Crippen LogP contribution in [-0.2, 0) is 0 Å². The highest BCUT2D eigenvalue weighted by molar-refractivity contribution is 6.30. The van der Waals surface area contributed by atoms with Gasteiger partial charge in [0, 0.05) is 6.07 Å². The van der Waals surface area contributed by atoms with Crippen LogP contribution in [0.25, 0.3) is 0 Å². The molecule has 0 aliphatic heterocycles. The van der Waals surface area contributed by atoms with Crippen LogP contribution in [0.5, 0.6) is 11.5 Å². The maximum atomic E-state index is 13.0. The van der Waals surface area contributed by atoms with Crippen molar-refractivity contribution in [2.24, 2.45) is 0 Å². The lowest BCUT2D eigenvalue weighted by Crippen LogP contribution is -1.95. The highest BCUT2D eigenvalue weighted by Gasteiger charge is 2.08. The maximum Gasteiger partial charge on any atom is 0.151 e. The van der Waals surface area contributed by atoms with Crippen molar-refractivity contribution in [2.75, 3.05) is 5.73 Å². The van der Waals surface area contributed by atoms with Gasteiger partial charge < -0.3 is 10.5 Å². The van der Waals surface area contributed by atoms with Gasteiger partial charge in [-0.05, 0) is 24.3 Å². The summed E-state index contributed by atoms with van der Waals surface area (Å²) in [6.07, 6.45) is 0. The SMILES string of the molecule is N#Cc1cccc(Oc2ccc(F)c(Cl)c2)c1N. The summed E-state index contributed by atoms with van der Waals surface area (Å²) in [7, 11) is 0. The molecule has 2 aromatic rings. The number of para-hydroxylation sites is 1. The number of halogens is 2. The van der Waals surface area contributed by atoms with Gasteiger partial charge in [0.25, 0.3) is 0 Å². The number of nitrogens with two attached hydrogens (primary N) is 1. The number of rotatable bonds is 2. The molecule has 0 aromatic heterocycles. The lowest BCUT2D eigenvalue weighted by Gasteiger charge is -2.09. The number of hydrogen-bond donors (Lipinski definition) is 1. The smallest absolute Gasteiger partial charge is 0.151 e. The third-order valence-corrected chi connectivity index (χ3v) is 2.60. The van der Waals surface area contributed by atoms with E-state index in [1.54, 1.807) is 18.2 Å². The Hall–Kier alpha value is -2.25. The first-order valence-electron chi connectivity index (χ1n) is 5.03. The minimum atomic E-state index is -0.525. The highest BCUT2D eigenvalue weighted by atomic mass is 35.5. The van der Waals surface area contributed by atoms with Crippen LogP contribution >= 0.6 is 11.6 Å².